The maximum atomic E-state index is 12.7. The molecule has 9 nitrogen and oxygen atoms in total. The van der Waals surface area contributed by atoms with Crippen LogP contribution in [0.25, 0.3) is 0 Å². The third-order valence-electron chi connectivity index (χ3n) is 6.54. The monoisotopic (exact) mass is 560 g/mol. The number of thiazole rings is 1. The van der Waals surface area contributed by atoms with E-state index in [4.69, 9.17) is 18.9 Å². The first-order chi connectivity index (χ1) is 19.6. The number of nitrogens with one attached hydrogen (secondary N) is 1. The summed E-state index contributed by atoms with van der Waals surface area (Å²) in [4.78, 5) is 24.0. The molecule has 0 fully saturated rings. The molecule has 1 N–H and O–H groups in total. The SMILES string of the molecule is COc1ccc(CCN(Cc2ccc3c(c2)OCO3)Cc2nc(C(=O)NCCc3ccccn3)cs2)cc1OC. The molecule has 1 amide bonds. The molecule has 0 saturated heterocycles. The van der Waals surface area contributed by atoms with Crippen molar-refractivity contribution in [2.24, 2.45) is 0 Å². The number of aromatic nitrogens is 2. The zero-order valence-electron chi connectivity index (χ0n) is 22.6. The van der Waals surface area contributed by atoms with Crippen LogP contribution in [0.5, 0.6) is 23.0 Å². The van der Waals surface area contributed by atoms with Crippen LogP contribution >= 0.6 is 11.3 Å². The van der Waals surface area contributed by atoms with Crippen LogP contribution in [0, 0.1) is 0 Å². The molecule has 2 aromatic carbocycles. The molecule has 40 heavy (non-hydrogen) atoms. The van der Waals surface area contributed by atoms with E-state index in [0.717, 1.165) is 46.3 Å². The van der Waals surface area contributed by atoms with Gasteiger partial charge in [0.25, 0.3) is 5.91 Å². The predicted octanol–water partition coefficient (Wildman–Crippen LogP) is 4.50. The van der Waals surface area contributed by atoms with E-state index in [1.54, 1.807) is 20.4 Å². The van der Waals surface area contributed by atoms with Crippen LogP contribution in [-0.2, 0) is 25.9 Å². The first kappa shape index (κ1) is 27.4. The second-order valence-electron chi connectivity index (χ2n) is 9.29. The molecular weight excluding hydrogens is 528 g/mol. The lowest BCUT2D eigenvalue weighted by atomic mass is 10.1. The topological polar surface area (TPSA) is 95.0 Å². The van der Waals surface area contributed by atoms with E-state index in [0.29, 0.717) is 43.2 Å². The fraction of sp³-hybridized carbons (Fsp3) is 0.300. The number of fused-ring (bicyclic) bond motifs is 1. The van der Waals surface area contributed by atoms with Gasteiger partial charge in [-0.25, -0.2) is 4.98 Å². The highest BCUT2D eigenvalue weighted by molar-refractivity contribution is 7.09. The Labute approximate surface area is 237 Å². The summed E-state index contributed by atoms with van der Waals surface area (Å²) < 4.78 is 21.9. The molecule has 3 heterocycles. The van der Waals surface area contributed by atoms with Crippen LogP contribution in [0.1, 0.15) is 32.3 Å². The summed E-state index contributed by atoms with van der Waals surface area (Å²) in [5.41, 5.74) is 3.63. The Hall–Kier alpha value is -4.15. The molecule has 5 rings (SSSR count). The molecule has 0 spiro atoms. The van der Waals surface area contributed by atoms with E-state index in [1.165, 1.54) is 11.3 Å². The van der Waals surface area contributed by atoms with Crippen LogP contribution < -0.4 is 24.3 Å². The number of methoxy groups -OCH3 is 2. The molecule has 0 radical (unpaired) electrons. The summed E-state index contributed by atoms with van der Waals surface area (Å²) >= 11 is 1.49. The Morgan fingerprint density at radius 1 is 0.975 bits per heavy atom. The van der Waals surface area contributed by atoms with Gasteiger partial charge in [0.15, 0.2) is 23.0 Å². The number of ether oxygens (including phenoxy) is 4. The standard InChI is InChI=1S/C30H32N4O5S/c1-36-25-8-6-21(15-27(25)37-2)11-14-34(17-22-7-9-26-28(16-22)39-20-38-26)18-29-33-24(19-40-29)30(35)32-13-10-23-5-3-4-12-31-23/h3-9,12,15-16,19H,10-11,13-14,17-18,20H2,1-2H3,(H,32,35). The van der Waals surface area contributed by atoms with Crippen LogP contribution in [0.2, 0.25) is 0 Å². The average Bonchev–Trinajstić information content (AvgIpc) is 3.66. The lowest BCUT2D eigenvalue weighted by Crippen LogP contribution is -2.27. The molecule has 4 aromatic rings. The predicted molar refractivity (Wildman–Crippen MR) is 152 cm³/mol. The first-order valence-electron chi connectivity index (χ1n) is 13.1. The van der Waals surface area contributed by atoms with Crippen molar-refractivity contribution in [3.63, 3.8) is 0 Å². The van der Waals surface area contributed by atoms with Gasteiger partial charge in [-0.05, 0) is 53.9 Å². The van der Waals surface area contributed by atoms with Crippen LogP contribution in [0.3, 0.4) is 0 Å². The summed E-state index contributed by atoms with van der Waals surface area (Å²) in [6.45, 7) is 2.82. The molecule has 0 bridgehead atoms. The Bertz CT molecular complexity index is 1430. The van der Waals surface area contributed by atoms with Crippen molar-refractivity contribution in [3.05, 3.63) is 93.7 Å². The zero-order valence-corrected chi connectivity index (χ0v) is 23.4. The summed E-state index contributed by atoms with van der Waals surface area (Å²) in [5, 5.41) is 5.64. The Morgan fingerprint density at radius 2 is 1.82 bits per heavy atom. The van der Waals surface area contributed by atoms with Gasteiger partial charge in [-0.2, -0.15) is 0 Å². The van der Waals surface area contributed by atoms with E-state index in [1.807, 2.05) is 47.8 Å². The Kier molecular flexibility index (Phi) is 9.10. The number of hydrogen-bond donors (Lipinski definition) is 1. The highest BCUT2D eigenvalue weighted by Crippen LogP contribution is 2.33. The number of hydrogen-bond acceptors (Lipinski definition) is 9. The third-order valence-corrected chi connectivity index (χ3v) is 7.38. The Morgan fingerprint density at radius 3 is 2.65 bits per heavy atom. The van der Waals surface area contributed by atoms with Crippen LogP contribution in [-0.4, -0.2) is 54.9 Å². The second-order valence-corrected chi connectivity index (χ2v) is 10.2. The van der Waals surface area contributed by atoms with Gasteiger partial charge in [0.2, 0.25) is 6.79 Å². The first-order valence-corrected chi connectivity index (χ1v) is 13.9. The molecule has 10 heteroatoms. The molecule has 1 aliphatic rings. The number of pyridine rings is 1. The molecule has 0 unspecified atom stereocenters. The van der Waals surface area contributed by atoms with E-state index in [2.05, 4.69) is 32.3 Å². The number of nitrogens with zero attached hydrogens (tertiary/aromatic N) is 3. The van der Waals surface area contributed by atoms with E-state index in [9.17, 15) is 4.79 Å². The van der Waals surface area contributed by atoms with Gasteiger partial charge >= 0.3 is 0 Å². The van der Waals surface area contributed by atoms with Gasteiger partial charge in [-0.15, -0.1) is 11.3 Å². The highest BCUT2D eigenvalue weighted by atomic mass is 32.1. The molecule has 0 saturated carbocycles. The van der Waals surface area contributed by atoms with Crippen molar-refractivity contribution in [2.75, 3.05) is 34.1 Å². The molecule has 0 aliphatic carbocycles. The van der Waals surface area contributed by atoms with E-state index in [-0.39, 0.29) is 12.7 Å². The Balaban J connectivity index is 1.24. The van der Waals surface area contributed by atoms with Crippen LogP contribution in [0.15, 0.2) is 66.2 Å². The molecular formula is C30H32N4O5S. The smallest absolute Gasteiger partial charge is 0.270 e. The lowest BCUT2D eigenvalue weighted by molar-refractivity contribution is 0.0949. The summed E-state index contributed by atoms with van der Waals surface area (Å²) in [7, 11) is 3.27. The number of benzene rings is 2. The van der Waals surface area contributed by atoms with E-state index >= 15 is 0 Å². The lowest BCUT2D eigenvalue weighted by Gasteiger charge is -2.22. The van der Waals surface area contributed by atoms with Crippen molar-refractivity contribution < 1.29 is 23.7 Å². The molecule has 0 atom stereocenters. The second kappa shape index (κ2) is 13.3. The van der Waals surface area contributed by atoms with Gasteiger partial charge in [-0.3, -0.25) is 14.7 Å². The fourth-order valence-corrected chi connectivity index (χ4v) is 5.27. The van der Waals surface area contributed by atoms with Crippen molar-refractivity contribution in [3.8, 4) is 23.0 Å². The van der Waals surface area contributed by atoms with Gasteiger partial charge in [0, 0.05) is 43.3 Å². The van der Waals surface area contributed by atoms with Crippen molar-refractivity contribution in [1.29, 1.82) is 0 Å². The maximum absolute atomic E-state index is 12.7. The summed E-state index contributed by atoms with van der Waals surface area (Å²) in [5.74, 6) is 2.76. The molecule has 1 aliphatic heterocycles. The normalized spacial score (nSPS) is 12.0. The quantitative estimate of drug-likeness (QED) is 0.255. The highest BCUT2D eigenvalue weighted by Gasteiger charge is 2.17. The molecule has 208 valence electrons. The minimum Gasteiger partial charge on any atom is -0.493 e. The summed E-state index contributed by atoms with van der Waals surface area (Å²) in [6, 6.07) is 17.8. The minimum absolute atomic E-state index is 0.175. The maximum Gasteiger partial charge on any atom is 0.270 e. The summed E-state index contributed by atoms with van der Waals surface area (Å²) in [6.07, 6.45) is 3.23. The number of amides is 1. The minimum atomic E-state index is -0.175. The van der Waals surface area contributed by atoms with Crippen molar-refractivity contribution in [2.45, 2.75) is 25.9 Å². The molecule has 2 aromatic heterocycles. The van der Waals surface area contributed by atoms with E-state index < -0.39 is 0 Å². The third kappa shape index (κ3) is 7.08. The zero-order chi connectivity index (χ0) is 27.7. The number of carbonyl (C=O) groups is 1. The van der Waals surface area contributed by atoms with Gasteiger partial charge in [-0.1, -0.05) is 18.2 Å². The fourth-order valence-electron chi connectivity index (χ4n) is 4.45. The van der Waals surface area contributed by atoms with Gasteiger partial charge in [0.05, 0.1) is 20.8 Å². The van der Waals surface area contributed by atoms with Gasteiger partial charge < -0.3 is 24.3 Å². The van der Waals surface area contributed by atoms with Crippen molar-refractivity contribution >= 4 is 17.2 Å². The van der Waals surface area contributed by atoms with Crippen molar-refractivity contribution in [1.82, 2.24) is 20.2 Å². The van der Waals surface area contributed by atoms with Gasteiger partial charge in [0.1, 0.15) is 10.7 Å². The van der Waals surface area contributed by atoms with Crippen LogP contribution in [0.4, 0.5) is 0 Å². The average molecular weight is 561 g/mol. The number of rotatable bonds is 13. The number of carbonyl (C=O) groups excluding carboxylic acids is 1. The largest absolute Gasteiger partial charge is 0.493 e.